The summed E-state index contributed by atoms with van der Waals surface area (Å²) >= 11 is 0. The number of carbonyl (C=O) groups excluding carboxylic acids is 2. The van der Waals surface area contributed by atoms with E-state index in [4.69, 9.17) is 4.74 Å². The molecule has 1 heterocycles. The molecule has 2 rings (SSSR count). The van der Waals surface area contributed by atoms with Crippen molar-refractivity contribution in [1.82, 2.24) is 10.3 Å². The SMILES string of the molecule is CCOC(=O)CC(=O)NCC1(c2cccnc2)CC1. The highest BCUT2D eigenvalue weighted by molar-refractivity contribution is 5.94. The Morgan fingerprint density at radius 3 is 2.84 bits per heavy atom. The molecule has 0 bridgehead atoms. The molecule has 0 unspecified atom stereocenters. The van der Waals surface area contributed by atoms with Gasteiger partial charge in [0.05, 0.1) is 6.61 Å². The van der Waals surface area contributed by atoms with Crippen molar-refractivity contribution < 1.29 is 14.3 Å². The zero-order valence-corrected chi connectivity index (χ0v) is 11.0. The predicted molar refractivity (Wildman–Crippen MR) is 69.4 cm³/mol. The Hall–Kier alpha value is -1.91. The molecular weight excluding hydrogens is 244 g/mol. The summed E-state index contributed by atoms with van der Waals surface area (Å²) in [5, 5.41) is 2.81. The first-order valence-corrected chi connectivity index (χ1v) is 6.49. The fourth-order valence-electron chi connectivity index (χ4n) is 2.07. The number of aromatic nitrogens is 1. The molecule has 0 aliphatic heterocycles. The van der Waals surface area contributed by atoms with Crippen molar-refractivity contribution in [2.45, 2.75) is 31.6 Å². The van der Waals surface area contributed by atoms with E-state index in [1.807, 2.05) is 18.3 Å². The van der Waals surface area contributed by atoms with Gasteiger partial charge in [-0.25, -0.2) is 0 Å². The molecule has 1 aromatic heterocycles. The molecule has 5 heteroatoms. The zero-order valence-electron chi connectivity index (χ0n) is 11.0. The topological polar surface area (TPSA) is 68.3 Å². The van der Waals surface area contributed by atoms with Crippen molar-refractivity contribution in [1.29, 1.82) is 0 Å². The number of amides is 1. The van der Waals surface area contributed by atoms with Crippen molar-refractivity contribution in [3.05, 3.63) is 30.1 Å². The fraction of sp³-hybridized carbons (Fsp3) is 0.500. The molecule has 1 N–H and O–H groups in total. The number of nitrogens with zero attached hydrogens (tertiary/aromatic N) is 1. The Kier molecular flexibility index (Phi) is 4.14. The number of carbonyl (C=O) groups is 2. The van der Waals surface area contributed by atoms with E-state index in [9.17, 15) is 9.59 Å². The van der Waals surface area contributed by atoms with E-state index < -0.39 is 5.97 Å². The van der Waals surface area contributed by atoms with Crippen molar-refractivity contribution in [2.75, 3.05) is 13.2 Å². The summed E-state index contributed by atoms with van der Waals surface area (Å²) in [6.45, 7) is 2.57. The van der Waals surface area contributed by atoms with Gasteiger partial charge in [-0.3, -0.25) is 14.6 Å². The van der Waals surface area contributed by atoms with Crippen LogP contribution in [0.4, 0.5) is 0 Å². The first-order chi connectivity index (χ1) is 9.16. The number of hydrogen-bond acceptors (Lipinski definition) is 4. The largest absolute Gasteiger partial charge is 0.466 e. The van der Waals surface area contributed by atoms with Crippen LogP contribution in [-0.2, 0) is 19.7 Å². The average Bonchev–Trinajstić information content (AvgIpc) is 3.19. The molecule has 102 valence electrons. The monoisotopic (exact) mass is 262 g/mol. The van der Waals surface area contributed by atoms with Gasteiger partial charge in [-0.2, -0.15) is 0 Å². The Bertz CT molecular complexity index is 455. The van der Waals surface area contributed by atoms with Crippen LogP contribution in [0.1, 0.15) is 31.7 Å². The van der Waals surface area contributed by atoms with E-state index in [0.717, 1.165) is 18.4 Å². The second kappa shape index (κ2) is 5.82. The van der Waals surface area contributed by atoms with Crippen LogP contribution in [-0.4, -0.2) is 30.0 Å². The van der Waals surface area contributed by atoms with Gasteiger partial charge < -0.3 is 10.1 Å². The van der Waals surface area contributed by atoms with Crippen LogP contribution in [0.2, 0.25) is 0 Å². The molecule has 0 radical (unpaired) electrons. The number of hydrogen-bond donors (Lipinski definition) is 1. The summed E-state index contributed by atoms with van der Waals surface area (Å²) in [5.74, 6) is -0.764. The normalized spacial score (nSPS) is 15.6. The highest BCUT2D eigenvalue weighted by atomic mass is 16.5. The minimum Gasteiger partial charge on any atom is -0.466 e. The van der Waals surface area contributed by atoms with Gasteiger partial charge in [-0.05, 0) is 31.4 Å². The van der Waals surface area contributed by atoms with Crippen LogP contribution >= 0.6 is 0 Å². The summed E-state index contributed by atoms with van der Waals surface area (Å²) in [5.41, 5.74) is 1.16. The second-order valence-electron chi connectivity index (χ2n) is 4.78. The maximum absolute atomic E-state index is 11.6. The van der Waals surface area contributed by atoms with Crippen LogP contribution in [0.25, 0.3) is 0 Å². The third-order valence-electron chi connectivity index (χ3n) is 3.36. The highest BCUT2D eigenvalue weighted by Gasteiger charge is 2.44. The number of ether oxygens (including phenoxy) is 1. The smallest absolute Gasteiger partial charge is 0.315 e. The molecule has 0 aromatic carbocycles. The lowest BCUT2D eigenvalue weighted by atomic mass is 9.98. The summed E-state index contributed by atoms with van der Waals surface area (Å²) in [6.07, 6.45) is 5.44. The van der Waals surface area contributed by atoms with Gasteiger partial charge >= 0.3 is 5.97 Å². The molecule has 1 amide bonds. The number of esters is 1. The second-order valence-corrected chi connectivity index (χ2v) is 4.78. The van der Waals surface area contributed by atoms with Gasteiger partial charge in [0.2, 0.25) is 5.91 Å². The Morgan fingerprint density at radius 1 is 1.47 bits per heavy atom. The quantitative estimate of drug-likeness (QED) is 0.617. The molecule has 0 spiro atoms. The van der Waals surface area contributed by atoms with Crippen molar-refractivity contribution in [3.63, 3.8) is 0 Å². The molecule has 1 fully saturated rings. The number of pyridine rings is 1. The Balaban J connectivity index is 1.83. The van der Waals surface area contributed by atoms with Gasteiger partial charge in [-0.15, -0.1) is 0 Å². The van der Waals surface area contributed by atoms with E-state index in [1.54, 1.807) is 13.1 Å². The van der Waals surface area contributed by atoms with E-state index >= 15 is 0 Å². The summed E-state index contributed by atoms with van der Waals surface area (Å²) < 4.78 is 4.73. The lowest BCUT2D eigenvalue weighted by molar-refractivity contribution is -0.145. The Labute approximate surface area is 112 Å². The van der Waals surface area contributed by atoms with E-state index in [1.165, 1.54) is 0 Å². The lowest BCUT2D eigenvalue weighted by Crippen LogP contribution is -2.33. The fourth-order valence-corrected chi connectivity index (χ4v) is 2.07. The molecule has 0 atom stereocenters. The minimum atomic E-state index is -0.480. The van der Waals surface area contributed by atoms with Gasteiger partial charge in [0.1, 0.15) is 6.42 Å². The number of nitrogens with one attached hydrogen (secondary N) is 1. The van der Waals surface area contributed by atoms with Gasteiger partial charge in [-0.1, -0.05) is 6.07 Å². The molecule has 1 aliphatic rings. The van der Waals surface area contributed by atoms with E-state index in [2.05, 4.69) is 10.3 Å². The van der Waals surface area contributed by atoms with Crippen LogP contribution in [0.15, 0.2) is 24.5 Å². The van der Waals surface area contributed by atoms with E-state index in [0.29, 0.717) is 13.2 Å². The molecule has 19 heavy (non-hydrogen) atoms. The molecule has 1 aromatic rings. The van der Waals surface area contributed by atoms with Gasteiger partial charge in [0.25, 0.3) is 0 Å². The van der Waals surface area contributed by atoms with Crippen molar-refractivity contribution in [2.24, 2.45) is 0 Å². The first-order valence-electron chi connectivity index (χ1n) is 6.49. The summed E-state index contributed by atoms with van der Waals surface area (Å²) in [6, 6.07) is 3.92. The molecule has 1 aliphatic carbocycles. The van der Waals surface area contributed by atoms with Crippen LogP contribution < -0.4 is 5.32 Å². The predicted octanol–water partition coefficient (Wildman–Crippen LogP) is 1.18. The van der Waals surface area contributed by atoms with Gasteiger partial charge in [0.15, 0.2) is 0 Å². The average molecular weight is 262 g/mol. The van der Waals surface area contributed by atoms with Crippen LogP contribution in [0.5, 0.6) is 0 Å². The third kappa shape index (κ3) is 3.53. The Morgan fingerprint density at radius 2 is 2.26 bits per heavy atom. The maximum Gasteiger partial charge on any atom is 0.315 e. The minimum absolute atomic E-state index is 0.0125. The highest BCUT2D eigenvalue weighted by Crippen LogP contribution is 2.47. The first kappa shape index (κ1) is 13.5. The molecule has 1 saturated carbocycles. The van der Waals surface area contributed by atoms with Crippen molar-refractivity contribution in [3.8, 4) is 0 Å². The molecule has 5 nitrogen and oxygen atoms in total. The summed E-state index contributed by atoms with van der Waals surface area (Å²) in [4.78, 5) is 26.9. The third-order valence-corrected chi connectivity index (χ3v) is 3.36. The maximum atomic E-state index is 11.6. The van der Waals surface area contributed by atoms with Gasteiger partial charge in [0, 0.05) is 24.4 Å². The standard InChI is InChI=1S/C14H18N2O3/c1-2-19-13(18)8-12(17)16-10-14(5-6-14)11-4-3-7-15-9-11/h3-4,7,9H,2,5-6,8,10H2,1H3,(H,16,17). The van der Waals surface area contributed by atoms with Crippen LogP contribution in [0.3, 0.4) is 0 Å². The lowest BCUT2D eigenvalue weighted by Gasteiger charge is -2.15. The molecular formula is C14H18N2O3. The number of rotatable bonds is 6. The van der Waals surface area contributed by atoms with Crippen LogP contribution in [0, 0.1) is 0 Å². The zero-order chi connectivity index (χ0) is 13.7. The van der Waals surface area contributed by atoms with Crippen molar-refractivity contribution >= 4 is 11.9 Å². The molecule has 0 saturated heterocycles. The van der Waals surface area contributed by atoms with E-state index in [-0.39, 0.29) is 17.7 Å². The summed E-state index contributed by atoms with van der Waals surface area (Å²) in [7, 11) is 0.